The fraction of sp³-hybridized carbons (Fsp3) is 0.727. The number of rotatable bonds is 2. The minimum Gasteiger partial charge on any atom is -0.390 e. The first-order valence-electron chi connectivity index (χ1n) is 4.99. The van der Waals surface area contributed by atoms with Gasteiger partial charge in [-0.05, 0) is 19.8 Å². The van der Waals surface area contributed by atoms with Crippen molar-refractivity contribution in [1.82, 2.24) is 4.90 Å². The summed E-state index contributed by atoms with van der Waals surface area (Å²) in [5.41, 5.74) is -0.594. The molecule has 0 unspecified atom stereocenters. The van der Waals surface area contributed by atoms with Gasteiger partial charge in [0.05, 0.1) is 5.60 Å². The predicted octanol–water partition coefficient (Wildman–Crippen LogP) is 0.773. The lowest BCUT2D eigenvalue weighted by atomic mass is 9.93. The van der Waals surface area contributed by atoms with Crippen molar-refractivity contribution in [2.24, 2.45) is 0 Å². The van der Waals surface area contributed by atoms with Crippen molar-refractivity contribution in [3.8, 4) is 12.3 Å². The molecule has 3 heteroatoms. The molecule has 0 spiro atoms. The first-order chi connectivity index (χ1) is 6.55. The Labute approximate surface area is 85.1 Å². The van der Waals surface area contributed by atoms with Gasteiger partial charge in [0.15, 0.2) is 0 Å². The fourth-order valence-corrected chi connectivity index (χ4v) is 1.58. The van der Waals surface area contributed by atoms with E-state index in [4.69, 9.17) is 6.42 Å². The van der Waals surface area contributed by atoms with E-state index in [1.807, 2.05) is 6.92 Å². The molecular weight excluding hydrogens is 178 g/mol. The quantitative estimate of drug-likeness (QED) is 0.661. The number of carbonyl (C=O) groups excluding carboxylic acids is 1. The molecule has 78 valence electrons. The van der Waals surface area contributed by atoms with Gasteiger partial charge < -0.3 is 10.0 Å². The Morgan fingerprint density at radius 2 is 2.14 bits per heavy atom. The number of amides is 1. The molecule has 0 aliphatic carbocycles. The molecule has 1 amide bonds. The summed E-state index contributed by atoms with van der Waals surface area (Å²) in [4.78, 5) is 13.3. The lowest BCUT2D eigenvalue weighted by Crippen LogP contribution is -2.45. The zero-order valence-corrected chi connectivity index (χ0v) is 8.62. The van der Waals surface area contributed by atoms with Crippen molar-refractivity contribution in [2.75, 3.05) is 13.1 Å². The number of likely N-dealkylation sites (tertiary alicyclic amines) is 1. The van der Waals surface area contributed by atoms with Gasteiger partial charge in [-0.3, -0.25) is 4.79 Å². The van der Waals surface area contributed by atoms with Gasteiger partial charge in [-0.15, -0.1) is 12.3 Å². The van der Waals surface area contributed by atoms with E-state index < -0.39 is 5.60 Å². The van der Waals surface area contributed by atoms with Crippen molar-refractivity contribution < 1.29 is 9.90 Å². The summed E-state index contributed by atoms with van der Waals surface area (Å²) >= 11 is 0. The Balaban J connectivity index is 2.35. The van der Waals surface area contributed by atoms with Gasteiger partial charge >= 0.3 is 0 Å². The second kappa shape index (κ2) is 4.47. The molecule has 0 saturated carbocycles. The van der Waals surface area contributed by atoms with Gasteiger partial charge in [0.2, 0.25) is 5.91 Å². The van der Waals surface area contributed by atoms with Crippen LogP contribution in [-0.4, -0.2) is 34.6 Å². The van der Waals surface area contributed by atoms with Crippen LogP contribution in [0.4, 0.5) is 0 Å². The molecule has 14 heavy (non-hydrogen) atoms. The first-order valence-corrected chi connectivity index (χ1v) is 4.99. The number of terminal acetylenes is 1. The monoisotopic (exact) mass is 195 g/mol. The molecule has 0 radical (unpaired) electrons. The Hall–Kier alpha value is -1.01. The summed E-state index contributed by atoms with van der Waals surface area (Å²) in [6, 6.07) is 0. The lowest BCUT2D eigenvalue weighted by Gasteiger charge is -2.35. The second-order valence-corrected chi connectivity index (χ2v) is 4.08. The maximum Gasteiger partial charge on any atom is 0.223 e. The number of piperidine rings is 1. The maximum absolute atomic E-state index is 11.5. The van der Waals surface area contributed by atoms with Crippen LogP contribution in [0.5, 0.6) is 0 Å². The van der Waals surface area contributed by atoms with Crippen LogP contribution in [0.15, 0.2) is 0 Å². The summed E-state index contributed by atoms with van der Waals surface area (Å²) in [7, 11) is 0. The fourth-order valence-electron chi connectivity index (χ4n) is 1.58. The molecule has 1 rings (SSSR count). The third-order valence-corrected chi connectivity index (χ3v) is 2.68. The standard InChI is InChI=1S/C11H17NO2/c1-3-4-5-10(13)12-8-6-11(2,14)7-9-12/h1,14H,4-9H2,2H3. The molecule has 1 N–H and O–H groups in total. The minimum absolute atomic E-state index is 0.110. The minimum atomic E-state index is -0.594. The highest BCUT2D eigenvalue weighted by atomic mass is 16.3. The highest BCUT2D eigenvalue weighted by Gasteiger charge is 2.28. The molecule has 1 fully saturated rings. The van der Waals surface area contributed by atoms with Crippen molar-refractivity contribution in [1.29, 1.82) is 0 Å². The number of hydrogen-bond acceptors (Lipinski definition) is 2. The summed E-state index contributed by atoms with van der Waals surface area (Å²) in [5.74, 6) is 2.57. The van der Waals surface area contributed by atoms with E-state index in [1.165, 1.54) is 0 Å². The number of aliphatic hydroxyl groups is 1. The average Bonchev–Trinajstić information content (AvgIpc) is 2.14. The Kier molecular flexibility index (Phi) is 3.54. The molecule has 0 atom stereocenters. The van der Waals surface area contributed by atoms with E-state index in [0.717, 1.165) is 0 Å². The summed E-state index contributed by atoms with van der Waals surface area (Å²) in [6.07, 6.45) is 7.35. The van der Waals surface area contributed by atoms with E-state index in [-0.39, 0.29) is 5.91 Å². The summed E-state index contributed by atoms with van der Waals surface area (Å²) < 4.78 is 0. The van der Waals surface area contributed by atoms with E-state index in [1.54, 1.807) is 4.90 Å². The smallest absolute Gasteiger partial charge is 0.223 e. The van der Waals surface area contributed by atoms with Crippen molar-refractivity contribution in [3.63, 3.8) is 0 Å². The number of nitrogens with zero attached hydrogens (tertiary/aromatic N) is 1. The van der Waals surface area contributed by atoms with E-state index in [2.05, 4.69) is 5.92 Å². The van der Waals surface area contributed by atoms with Crippen LogP contribution in [0, 0.1) is 12.3 Å². The number of hydrogen-bond donors (Lipinski definition) is 1. The van der Waals surface area contributed by atoms with Crippen LogP contribution < -0.4 is 0 Å². The van der Waals surface area contributed by atoms with Crippen molar-refractivity contribution in [3.05, 3.63) is 0 Å². The largest absolute Gasteiger partial charge is 0.390 e. The SMILES string of the molecule is C#CCCC(=O)N1CCC(C)(O)CC1. The normalized spacial score (nSPS) is 20.2. The van der Waals surface area contributed by atoms with Gasteiger partial charge in [-0.2, -0.15) is 0 Å². The molecule has 0 bridgehead atoms. The molecule has 0 aromatic heterocycles. The molecule has 0 aromatic carbocycles. The van der Waals surface area contributed by atoms with Gasteiger partial charge in [0.1, 0.15) is 0 Å². The third kappa shape index (κ3) is 3.04. The first kappa shape index (κ1) is 11.1. The van der Waals surface area contributed by atoms with Gasteiger partial charge in [0.25, 0.3) is 0 Å². The van der Waals surface area contributed by atoms with Gasteiger partial charge in [0, 0.05) is 25.9 Å². The van der Waals surface area contributed by atoms with Crippen LogP contribution in [0.3, 0.4) is 0 Å². The Morgan fingerprint density at radius 1 is 1.57 bits per heavy atom. The number of carbonyl (C=O) groups is 1. The molecule has 1 aliphatic rings. The predicted molar refractivity (Wildman–Crippen MR) is 54.5 cm³/mol. The van der Waals surface area contributed by atoms with E-state index in [0.29, 0.717) is 38.8 Å². The topological polar surface area (TPSA) is 40.5 Å². The van der Waals surface area contributed by atoms with Crippen LogP contribution in [0.2, 0.25) is 0 Å². The highest BCUT2D eigenvalue weighted by molar-refractivity contribution is 5.76. The molecule has 3 nitrogen and oxygen atoms in total. The average molecular weight is 195 g/mol. The maximum atomic E-state index is 11.5. The highest BCUT2D eigenvalue weighted by Crippen LogP contribution is 2.21. The summed E-state index contributed by atoms with van der Waals surface area (Å²) in [5, 5.41) is 9.68. The third-order valence-electron chi connectivity index (χ3n) is 2.68. The van der Waals surface area contributed by atoms with Crippen LogP contribution in [0.25, 0.3) is 0 Å². The molecule has 1 heterocycles. The van der Waals surface area contributed by atoms with E-state index >= 15 is 0 Å². The second-order valence-electron chi connectivity index (χ2n) is 4.08. The van der Waals surface area contributed by atoms with Gasteiger partial charge in [-0.1, -0.05) is 0 Å². The van der Waals surface area contributed by atoms with Crippen LogP contribution in [-0.2, 0) is 4.79 Å². The van der Waals surface area contributed by atoms with E-state index in [9.17, 15) is 9.90 Å². The Morgan fingerprint density at radius 3 is 2.64 bits per heavy atom. The summed E-state index contributed by atoms with van der Waals surface area (Å²) in [6.45, 7) is 3.11. The van der Waals surface area contributed by atoms with Crippen LogP contribution >= 0.6 is 0 Å². The molecule has 0 aromatic rings. The zero-order valence-electron chi connectivity index (χ0n) is 8.62. The molecular formula is C11H17NO2. The lowest BCUT2D eigenvalue weighted by molar-refractivity contribution is -0.134. The Bertz CT molecular complexity index is 243. The van der Waals surface area contributed by atoms with Crippen molar-refractivity contribution in [2.45, 2.75) is 38.2 Å². The van der Waals surface area contributed by atoms with Crippen LogP contribution in [0.1, 0.15) is 32.6 Å². The molecule has 1 saturated heterocycles. The zero-order chi connectivity index (χ0) is 10.6. The van der Waals surface area contributed by atoms with Crippen molar-refractivity contribution >= 4 is 5.91 Å². The molecule has 1 aliphatic heterocycles. The van der Waals surface area contributed by atoms with Gasteiger partial charge in [-0.25, -0.2) is 0 Å².